The van der Waals surface area contributed by atoms with Crippen molar-refractivity contribution in [1.29, 1.82) is 0 Å². The number of hydrogen-bond acceptors (Lipinski definition) is 6. The van der Waals surface area contributed by atoms with Gasteiger partial charge in [0.25, 0.3) is 0 Å². The highest BCUT2D eigenvalue weighted by Gasteiger charge is 2.78. The van der Waals surface area contributed by atoms with E-state index in [1.165, 1.54) is 4.90 Å². The first kappa shape index (κ1) is 27.1. The molecule has 37 heavy (non-hydrogen) atoms. The zero-order chi connectivity index (χ0) is 26.6. The van der Waals surface area contributed by atoms with Crippen LogP contribution in [0.3, 0.4) is 0 Å². The number of rotatable bonds is 13. The van der Waals surface area contributed by atoms with Crippen molar-refractivity contribution in [2.45, 2.75) is 62.8 Å². The van der Waals surface area contributed by atoms with Gasteiger partial charge in [0.1, 0.15) is 17.6 Å². The number of carbonyl (C=O) groups excluding carboxylic acids is 3. The van der Waals surface area contributed by atoms with E-state index in [0.29, 0.717) is 38.8 Å². The maximum atomic E-state index is 14.2. The zero-order valence-electron chi connectivity index (χ0n) is 21.6. The minimum absolute atomic E-state index is 0.115. The summed E-state index contributed by atoms with van der Waals surface area (Å²) >= 11 is 0. The van der Waals surface area contributed by atoms with Crippen LogP contribution in [0.25, 0.3) is 0 Å². The molecule has 0 aliphatic carbocycles. The topological polar surface area (TPSA) is 96.4 Å². The van der Waals surface area contributed by atoms with Crippen LogP contribution >= 0.6 is 0 Å². The quantitative estimate of drug-likeness (QED) is 0.249. The van der Waals surface area contributed by atoms with Crippen LogP contribution in [-0.4, -0.2) is 76.2 Å². The monoisotopic (exact) mass is 510 g/mol. The summed E-state index contributed by atoms with van der Waals surface area (Å²) in [5, 5.41) is 9.52. The minimum atomic E-state index is -1.11. The maximum Gasteiger partial charge on any atom is 0.312 e. The molecule has 0 saturated carbocycles. The number of esters is 1. The molecule has 5 atom stereocenters. The highest BCUT2D eigenvalue weighted by atomic mass is 16.6. The number of amides is 2. The number of nitrogens with zero attached hydrogens (tertiary/aromatic N) is 2. The highest BCUT2D eigenvalue weighted by molar-refractivity contribution is 5.98. The largest absolute Gasteiger partial charge is 0.465 e. The van der Waals surface area contributed by atoms with Gasteiger partial charge in [0.2, 0.25) is 11.8 Å². The van der Waals surface area contributed by atoms with Gasteiger partial charge in [-0.2, -0.15) is 0 Å². The molecule has 3 heterocycles. The molecule has 2 bridgehead atoms. The van der Waals surface area contributed by atoms with Gasteiger partial charge in [-0.1, -0.05) is 42.5 Å². The first-order valence-corrected chi connectivity index (χ1v) is 13.2. The number of aliphatic hydroxyl groups excluding tert-OH is 1. The minimum Gasteiger partial charge on any atom is -0.465 e. The van der Waals surface area contributed by atoms with E-state index < -0.39 is 35.0 Å². The van der Waals surface area contributed by atoms with E-state index in [0.717, 1.165) is 12.0 Å². The van der Waals surface area contributed by atoms with Gasteiger partial charge in [0, 0.05) is 26.2 Å². The van der Waals surface area contributed by atoms with Gasteiger partial charge in [0.05, 0.1) is 18.1 Å². The Bertz CT molecular complexity index is 1030. The molecule has 2 amide bonds. The summed E-state index contributed by atoms with van der Waals surface area (Å²) in [5.41, 5.74) is -1.03. The van der Waals surface area contributed by atoms with Gasteiger partial charge < -0.3 is 24.4 Å². The lowest BCUT2D eigenvalue weighted by molar-refractivity contribution is -0.160. The summed E-state index contributed by atoms with van der Waals surface area (Å²) in [6.07, 6.45) is 6.20. The number of allylic oxidation sites excluding steroid dienone is 1. The molecule has 1 aromatic rings. The number of likely N-dealkylation sites (tertiary alicyclic amines) is 1. The third kappa shape index (κ3) is 4.84. The molecule has 200 valence electrons. The van der Waals surface area contributed by atoms with Crippen LogP contribution in [0, 0.1) is 11.8 Å². The molecule has 3 aliphatic rings. The van der Waals surface area contributed by atoms with Crippen LogP contribution in [0.5, 0.6) is 0 Å². The van der Waals surface area contributed by atoms with Crippen LogP contribution in [0.1, 0.15) is 44.6 Å². The molecule has 8 nitrogen and oxygen atoms in total. The second kappa shape index (κ2) is 11.2. The molecule has 8 heteroatoms. The van der Waals surface area contributed by atoms with Gasteiger partial charge >= 0.3 is 5.97 Å². The number of benzene rings is 1. The second-order valence-corrected chi connectivity index (χ2v) is 10.4. The molecule has 0 aromatic heterocycles. The number of hydrogen-bond donors (Lipinski definition) is 1. The molecule has 0 radical (unpaired) electrons. The predicted molar refractivity (Wildman–Crippen MR) is 138 cm³/mol. The van der Waals surface area contributed by atoms with Crippen LogP contribution < -0.4 is 0 Å². The van der Waals surface area contributed by atoms with Crippen LogP contribution in [-0.2, 0) is 30.4 Å². The smallest absolute Gasteiger partial charge is 0.312 e. The average molecular weight is 511 g/mol. The molecular formula is C29H38N2O6. The summed E-state index contributed by atoms with van der Waals surface area (Å²) in [4.78, 5) is 44.7. The van der Waals surface area contributed by atoms with Crippen molar-refractivity contribution in [1.82, 2.24) is 9.80 Å². The van der Waals surface area contributed by atoms with Gasteiger partial charge in [0.15, 0.2) is 0 Å². The summed E-state index contributed by atoms with van der Waals surface area (Å²) in [5.74, 6) is -2.54. The van der Waals surface area contributed by atoms with Crippen molar-refractivity contribution < 1.29 is 29.0 Å². The highest BCUT2D eigenvalue weighted by Crippen LogP contribution is 2.63. The lowest BCUT2D eigenvalue weighted by Crippen LogP contribution is -2.56. The van der Waals surface area contributed by atoms with E-state index in [2.05, 4.69) is 13.2 Å². The fourth-order valence-corrected chi connectivity index (χ4v) is 6.40. The van der Waals surface area contributed by atoms with E-state index in [-0.39, 0.29) is 31.6 Å². The predicted octanol–water partition coefficient (Wildman–Crippen LogP) is 2.86. The van der Waals surface area contributed by atoms with Crippen LogP contribution in [0.2, 0.25) is 0 Å². The molecule has 3 aliphatic heterocycles. The van der Waals surface area contributed by atoms with Crippen LogP contribution in [0.15, 0.2) is 55.6 Å². The molecule has 1 aromatic carbocycles. The fraction of sp³-hybridized carbons (Fsp3) is 0.552. The Kier molecular flexibility index (Phi) is 8.19. The second-order valence-electron chi connectivity index (χ2n) is 10.4. The van der Waals surface area contributed by atoms with Crippen LogP contribution in [0.4, 0.5) is 0 Å². The van der Waals surface area contributed by atoms with Crippen molar-refractivity contribution in [3.05, 3.63) is 61.2 Å². The van der Waals surface area contributed by atoms with Crippen molar-refractivity contribution in [3.63, 3.8) is 0 Å². The third-order valence-corrected chi connectivity index (χ3v) is 8.00. The van der Waals surface area contributed by atoms with Crippen molar-refractivity contribution in [3.8, 4) is 0 Å². The van der Waals surface area contributed by atoms with Crippen molar-refractivity contribution >= 4 is 17.8 Å². The first-order valence-electron chi connectivity index (χ1n) is 13.2. The van der Waals surface area contributed by atoms with E-state index in [9.17, 15) is 19.5 Å². The number of unbranched alkanes of at least 4 members (excludes halogenated alkanes) is 1. The normalized spacial score (nSPS) is 29.7. The van der Waals surface area contributed by atoms with Crippen molar-refractivity contribution in [2.75, 3.05) is 26.3 Å². The number of carbonyl (C=O) groups is 3. The number of fused-ring (bicyclic) bond motifs is 1. The van der Waals surface area contributed by atoms with Gasteiger partial charge in [-0.25, -0.2) is 0 Å². The van der Waals surface area contributed by atoms with Gasteiger partial charge in [-0.15, -0.1) is 13.2 Å². The molecule has 1 spiro atoms. The summed E-state index contributed by atoms with van der Waals surface area (Å²) < 4.78 is 12.2. The first-order chi connectivity index (χ1) is 17.8. The average Bonchev–Trinajstić information content (AvgIpc) is 3.46. The summed E-state index contributed by atoms with van der Waals surface area (Å²) in [6, 6.07) is 8.76. The molecule has 3 fully saturated rings. The number of aliphatic hydroxyl groups is 1. The molecule has 3 saturated heterocycles. The summed E-state index contributed by atoms with van der Waals surface area (Å²) in [6.45, 7) is 10.4. The molecular weight excluding hydrogens is 472 g/mol. The zero-order valence-corrected chi connectivity index (χ0v) is 21.6. The van der Waals surface area contributed by atoms with Crippen molar-refractivity contribution in [2.24, 2.45) is 11.8 Å². The lowest BCUT2D eigenvalue weighted by Gasteiger charge is -2.36. The Morgan fingerprint density at radius 3 is 2.65 bits per heavy atom. The number of ether oxygens (including phenoxy) is 2. The van der Waals surface area contributed by atoms with E-state index in [1.54, 1.807) is 17.1 Å². The maximum absolute atomic E-state index is 14.2. The van der Waals surface area contributed by atoms with E-state index in [1.807, 2.05) is 37.3 Å². The summed E-state index contributed by atoms with van der Waals surface area (Å²) in [7, 11) is 0. The van der Waals surface area contributed by atoms with E-state index in [4.69, 9.17) is 9.47 Å². The fourth-order valence-electron chi connectivity index (χ4n) is 6.40. The SMILES string of the molecule is C=CCCCOC(=O)[C@@H]1[C@H]2C(=O)N(CCCO)C(C(=O)N(CC=C)Cc3ccccc3)C23CC[C@@]1(C)O3. The third-order valence-electron chi connectivity index (χ3n) is 8.00. The molecule has 4 rings (SSSR count). The molecule has 1 N–H and O–H groups in total. The Hall–Kier alpha value is -2.97. The standard InChI is InChI=1S/C29H38N2O6/c1-4-6-10-19-36-27(35)23-22-25(33)31(17-11-18-32)24(29(22)15-14-28(23,3)37-29)26(34)30(16-5-2)20-21-12-8-7-9-13-21/h4-5,7-9,12-13,22-24,32H,1-2,6,10-11,14-20H2,3H3/t22-,23-,24?,28+,29?/m0/s1. The lowest BCUT2D eigenvalue weighted by atomic mass is 9.66. The Balaban J connectivity index is 1.67. The Morgan fingerprint density at radius 2 is 1.97 bits per heavy atom. The van der Waals surface area contributed by atoms with Gasteiger partial charge in [-0.3, -0.25) is 14.4 Å². The Morgan fingerprint density at radius 1 is 1.22 bits per heavy atom. The molecule has 2 unspecified atom stereocenters. The Labute approximate surface area is 218 Å². The van der Waals surface area contributed by atoms with E-state index >= 15 is 0 Å². The van der Waals surface area contributed by atoms with Gasteiger partial charge in [-0.05, 0) is 44.6 Å².